The van der Waals surface area contributed by atoms with E-state index in [1.54, 1.807) is 28.9 Å². The maximum atomic E-state index is 9.86. The van der Waals surface area contributed by atoms with E-state index in [0.29, 0.717) is 27.7 Å². The van der Waals surface area contributed by atoms with E-state index >= 15 is 0 Å². The first kappa shape index (κ1) is 18.9. The quantitative estimate of drug-likeness (QED) is 0.597. The van der Waals surface area contributed by atoms with E-state index in [9.17, 15) is 15.3 Å². The Morgan fingerprint density at radius 3 is 2.37 bits per heavy atom. The summed E-state index contributed by atoms with van der Waals surface area (Å²) >= 11 is 6.28. The van der Waals surface area contributed by atoms with Crippen LogP contribution in [0.4, 0.5) is 0 Å². The molecule has 0 fully saturated rings. The van der Waals surface area contributed by atoms with Crippen molar-refractivity contribution < 1.29 is 24.8 Å². The SMILES string of the molecule is COc1cc(-c2cc(-c3cc(OC)c(O)cc3Cl)nn2CCO)ccc1O. The third-order valence-corrected chi connectivity index (χ3v) is 4.42. The number of nitrogens with zero attached hydrogens (tertiary/aromatic N) is 2. The Labute approximate surface area is 161 Å². The lowest BCUT2D eigenvalue weighted by Gasteiger charge is -2.08. The molecule has 0 saturated carbocycles. The molecule has 3 N–H and O–H groups in total. The molecule has 0 radical (unpaired) electrons. The average Bonchev–Trinajstić information content (AvgIpc) is 3.06. The zero-order chi connectivity index (χ0) is 19.6. The van der Waals surface area contributed by atoms with E-state index in [0.717, 1.165) is 5.56 Å². The smallest absolute Gasteiger partial charge is 0.161 e. The molecule has 0 unspecified atom stereocenters. The van der Waals surface area contributed by atoms with Gasteiger partial charge in [0.2, 0.25) is 0 Å². The van der Waals surface area contributed by atoms with Gasteiger partial charge in [-0.3, -0.25) is 4.68 Å². The molecule has 8 heteroatoms. The molecular weight excluding hydrogens is 372 g/mol. The van der Waals surface area contributed by atoms with E-state index in [-0.39, 0.29) is 30.4 Å². The number of aromatic nitrogens is 2. The van der Waals surface area contributed by atoms with Crippen LogP contribution in [0.2, 0.25) is 5.02 Å². The van der Waals surface area contributed by atoms with Gasteiger partial charge in [-0.15, -0.1) is 0 Å². The van der Waals surface area contributed by atoms with Crippen LogP contribution in [0.5, 0.6) is 23.0 Å². The molecule has 2 aromatic carbocycles. The second-order valence-corrected chi connectivity index (χ2v) is 6.16. The van der Waals surface area contributed by atoms with Crippen molar-refractivity contribution >= 4 is 11.6 Å². The topological polar surface area (TPSA) is 97.0 Å². The van der Waals surface area contributed by atoms with Gasteiger partial charge in [0, 0.05) is 17.2 Å². The molecule has 142 valence electrons. The number of hydrogen-bond acceptors (Lipinski definition) is 6. The summed E-state index contributed by atoms with van der Waals surface area (Å²) in [4.78, 5) is 0. The molecule has 3 aromatic rings. The minimum absolute atomic E-state index is 0.0287. The van der Waals surface area contributed by atoms with E-state index in [1.165, 1.54) is 26.4 Å². The van der Waals surface area contributed by atoms with Gasteiger partial charge in [-0.1, -0.05) is 11.6 Å². The minimum atomic E-state index is -0.101. The van der Waals surface area contributed by atoms with Crippen LogP contribution in [0.25, 0.3) is 22.5 Å². The van der Waals surface area contributed by atoms with Crippen LogP contribution in [0.15, 0.2) is 36.4 Å². The van der Waals surface area contributed by atoms with Crippen molar-refractivity contribution in [1.29, 1.82) is 0 Å². The normalized spacial score (nSPS) is 10.8. The van der Waals surface area contributed by atoms with Crippen molar-refractivity contribution in [3.63, 3.8) is 0 Å². The van der Waals surface area contributed by atoms with E-state index in [1.807, 2.05) is 0 Å². The molecule has 0 aliphatic rings. The van der Waals surface area contributed by atoms with Gasteiger partial charge in [-0.25, -0.2) is 0 Å². The predicted octanol–water partition coefficient (Wildman–Crippen LogP) is 3.29. The molecule has 0 aliphatic heterocycles. The van der Waals surface area contributed by atoms with Crippen molar-refractivity contribution in [2.45, 2.75) is 6.54 Å². The third-order valence-electron chi connectivity index (χ3n) is 4.11. The van der Waals surface area contributed by atoms with Crippen LogP contribution in [-0.2, 0) is 6.54 Å². The van der Waals surface area contributed by atoms with Crippen LogP contribution in [-0.4, -0.2) is 45.9 Å². The second kappa shape index (κ2) is 7.77. The van der Waals surface area contributed by atoms with Gasteiger partial charge in [0.15, 0.2) is 23.0 Å². The number of halogens is 1. The number of phenols is 2. The van der Waals surface area contributed by atoms with Crippen LogP contribution in [0.1, 0.15) is 0 Å². The van der Waals surface area contributed by atoms with Crippen LogP contribution >= 0.6 is 11.6 Å². The van der Waals surface area contributed by atoms with Gasteiger partial charge in [-0.05, 0) is 30.3 Å². The standard InChI is InChI=1S/C19H19ClN2O5/c1-26-18-7-11(3-4-16(18)24)15-10-14(21-22(15)5-6-23)12-8-19(27-2)17(25)9-13(12)20/h3-4,7-10,23-25H,5-6H2,1-2H3. The van der Waals surface area contributed by atoms with Crippen molar-refractivity contribution in [1.82, 2.24) is 9.78 Å². The summed E-state index contributed by atoms with van der Waals surface area (Å²) < 4.78 is 11.9. The number of benzene rings is 2. The molecule has 0 aliphatic carbocycles. The molecule has 27 heavy (non-hydrogen) atoms. The van der Waals surface area contributed by atoms with E-state index in [2.05, 4.69) is 5.10 Å². The maximum absolute atomic E-state index is 9.86. The molecular formula is C19H19ClN2O5. The van der Waals surface area contributed by atoms with Crippen molar-refractivity contribution in [2.24, 2.45) is 0 Å². The molecule has 0 spiro atoms. The number of methoxy groups -OCH3 is 2. The number of aliphatic hydroxyl groups excluding tert-OH is 1. The van der Waals surface area contributed by atoms with Crippen LogP contribution in [0, 0.1) is 0 Å². The first-order valence-corrected chi connectivity index (χ1v) is 8.49. The maximum Gasteiger partial charge on any atom is 0.161 e. The lowest BCUT2D eigenvalue weighted by Crippen LogP contribution is -2.05. The highest BCUT2D eigenvalue weighted by atomic mass is 35.5. The highest BCUT2D eigenvalue weighted by Crippen LogP contribution is 2.39. The fraction of sp³-hybridized carbons (Fsp3) is 0.211. The Bertz CT molecular complexity index is 971. The molecule has 1 aromatic heterocycles. The Morgan fingerprint density at radius 1 is 1.00 bits per heavy atom. The fourth-order valence-corrected chi connectivity index (χ4v) is 3.04. The highest BCUT2D eigenvalue weighted by Gasteiger charge is 2.17. The van der Waals surface area contributed by atoms with Gasteiger partial charge in [0.1, 0.15) is 0 Å². The summed E-state index contributed by atoms with van der Waals surface area (Å²) in [6, 6.07) is 9.74. The molecule has 0 saturated heterocycles. The summed E-state index contributed by atoms with van der Waals surface area (Å²) in [5.41, 5.74) is 2.59. The number of aliphatic hydroxyl groups is 1. The Kier molecular flexibility index (Phi) is 5.43. The lowest BCUT2D eigenvalue weighted by molar-refractivity contribution is 0.270. The monoisotopic (exact) mass is 390 g/mol. The van der Waals surface area contributed by atoms with Crippen molar-refractivity contribution in [3.8, 4) is 45.5 Å². The molecule has 3 rings (SSSR count). The van der Waals surface area contributed by atoms with Crippen LogP contribution in [0.3, 0.4) is 0 Å². The van der Waals surface area contributed by atoms with Crippen LogP contribution < -0.4 is 9.47 Å². The van der Waals surface area contributed by atoms with Crippen molar-refractivity contribution in [3.05, 3.63) is 41.4 Å². The third kappa shape index (κ3) is 3.65. The zero-order valence-corrected chi connectivity index (χ0v) is 15.6. The Hall–Kier alpha value is -2.90. The molecule has 1 heterocycles. The minimum Gasteiger partial charge on any atom is -0.504 e. The Morgan fingerprint density at radius 2 is 1.70 bits per heavy atom. The summed E-state index contributed by atoms with van der Waals surface area (Å²) in [7, 11) is 2.92. The van der Waals surface area contributed by atoms with Gasteiger partial charge in [0.25, 0.3) is 0 Å². The highest BCUT2D eigenvalue weighted by molar-refractivity contribution is 6.33. The van der Waals surface area contributed by atoms with E-state index < -0.39 is 0 Å². The summed E-state index contributed by atoms with van der Waals surface area (Å²) in [5.74, 6) is 0.569. The summed E-state index contributed by atoms with van der Waals surface area (Å²) in [6.07, 6.45) is 0. The van der Waals surface area contributed by atoms with Gasteiger partial charge in [-0.2, -0.15) is 5.10 Å². The van der Waals surface area contributed by atoms with Gasteiger partial charge < -0.3 is 24.8 Å². The number of aromatic hydroxyl groups is 2. The molecule has 0 atom stereocenters. The average molecular weight is 391 g/mol. The number of hydrogen-bond donors (Lipinski definition) is 3. The molecule has 0 amide bonds. The van der Waals surface area contributed by atoms with Gasteiger partial charge >= 0.3 is 0 Å². The van der Waals surface area contributed by atoms with Gasteiger partial charge in [0.05, 0.1) is 43.8 Å². The first-order chi connectivity index (χ1) is 13.0. The number of rotatable bonds is 6. The lowest BCUT2D eigenvalue weighted by atomic mass is 10.1. The summed E-state index contributed by atoms with van der Waals surface area (Å²) in [5, 5.41) is 33.9. The van der Waals surface area contributed by atoms with Crippen molar-refractivity contribution in [2.75, 3.05) is 20.8 Å². The predicted molar refractivity (Wildman–Crippen MR) is 102 cm³/mol. The fourth-order valence-electron chi connectivity index (χ4n) is 2.79. The largest absolute Gasteiger partial charge is 0.504 e. The Balaban J connectivity index is 2.14. The molecule has 7 nitrogen and oxygen atoms in total. The second-order valence-electron chi connectivity index (χ2n) is 5.75. The zero-order valence-electron chi connectivity index (χ0n) is 14.8. The van der Waals surface area contributed by atoms with E-state index in [4.69, 9.17) is 21.1 Å². The molecule has 0 bridgehead atoms. The number of phenolic OH excluding ortho intramolecular Hbond substituents is 2. The first-order valence-electron chi connectivity index (χ1n) is 8.11. The number of ether oxygens (including phenoxy) is 2. The summed E-state index contributed by atoms with van der Waals surface area (Å²) in [6.45, 7) is 0.168.